The van der Waals surface area contributed by atoms with Crippen LogP contribution in [-0.2, 0) is 28.6 Å². The molecule has 73 heavy (non-hydrogen) atoms. The maximum Gasteiger partial charge on any atom is 0.306 e. The number of hydrogen-bond acceptors (Lipinski definition) is 6. The lowest BCUT2D eigenvalue weighted by molar-refractivity contribution is -0.166. The van der Waals surface area contributed by atoms with E-state index in [1.54, 1.807) is 0 Å². The van der Waals surface area contributed by atoms with Crippen LogP contribution in [0.4, 0.5) is 0 Å². The Morgan fingerprint density at radius 1 is 0.288 bits per heavy atom. The van der Waals surface area contributed by atoms with Crippen molar-refractivity contribution >= 4 is 17.9 Å². The second-order valence-corrected chi connectivity index (χ2v) is 20.2. The number of esters is 3. The van der Waals surface area contributed by atoms with Gasteiger partial charge < -0.3 is 14.2 Å². The zero-order chi connectivity index (χ0) is 52.9. The fourth-order valence-electron chi connectivity index (χ4n) is 8.46. The first kappa shape index (κ1) is 69.3. The molecule has 0 saturated heterocycles. The molecular weight excluding hydrogens is 901 g/mol. The topological polar surface area (TPSA) is 78.9 Å². The van der Waals surface area contributed by atoms with Crippen molar-refractivity contribution in [2.75, 3.05) is 13.2 Å². The van der Waals surface area contributed by atoms with E-state index >= 15 is 0 Å². The molecule has 6 heteroatoms. The molecule has 0 aliphatic rings. The Morgan fingerprint density at radius 2 is 0.562 bits per heavy atom. The molecule has 0 radical (unpaired) electrons. The predicted octanol–water partition coefficient (Wildman–Crippen LogP) is 20.9. The molecule has 0 amide bonds. The number of unbranched alkanes of at least 4 members (excludes halogenated alkanes) is 28. The number of carbonyl (C=O) groups is 3. The molecule has 0 unspecified atom stereocenters. The molecular formula is C67H114O6. The standard InChI is InChI=1S/C67H114O6/c1-4-7-10-13-16-19-22-25-28-31-33-36-39-42-45-48-51-54-57-60-66(69)72-63-64(62-71-65(68)59-56-53-50-47-44-41-38-35-30-27-24-21-18-15-12-9-6-3)73-67(70)61-58-55-52-49-46-43-40-37-34-32-29-26-23-20-17-14-11-8-5-2/h7,10,16,19,25-30,33,36,42,45,51,54,64H,4-6,8-9,11-15,17-18,20-24,31-32,34-35,37-41,43-44,46-50,52-53,55-63H2,1-3H3/b10-7-,19-16-,28-25-,29-26-,30-27-,36-33-,45-42-,54-51-/t64-/m1/s1. The highest BCUT2D eigenvalue weighted by atomic mass is 16.6. The largest absolute Gasteiger partial charge is 0.462 e. The van der Waals surface area contributed by atoms with Gasteiger partial charge in [-0.15, -0.1) is 0 Å². The number of allylic oxidation sites excluding steroid dienone is 16. The first-order valence-electron chi connectivity index (χ1n) is 30.7. The predicted molar refractivity (Wildman–Crippen MR) is 316 cm³/mol. The van der Waals surface area contributed by atoms with E-state index in [4.69, 9.17) is 14.2 Å². The van der Waals surface area contributed by atoms with Gasteiger partial charge in [0.1, 0.15) is 13.2 Å². The van der Waals surface area contributed by atoms with Crippen molar-refractivity contribution in [1.82, 2.24) is 0 Å². The van der Waals surface area contributed by atoms with Crippen LogP contribution in [0.5, 0.6) is 0 Å². The molecule has 0 aromatic carbocycles. The minimum absolute atomic E-state index is 0.103. The Kier molecular flexibility index (Phi) is 57.8. The highest BCUT2D eigenvalue weighted by Crippen LogP contribution is 2.15. The maximum absolute atomic E-state index is 12.9. The van der Waals surface area contributed by atoms with Gasteiger partial charge in [0.15, 0.2) is 6.10 Å². The molecule has 0 aliphatic heterocycles. The van der Waals surface area contributed by atoms with E-state index in [9.17, 15) is 14.4 Å². The van der Waals surface area contributed by atoms with Gasteiger partial charge in [-0.25, -0.2) is 0 Å². The van der Waals surface area contributed by atoms with Crippen LogP contribution in [0.1, 0.15) is 290 Å². The van der Waals surface area contributed by atoms with Gasteiger partial charge in [0.05, 0.1) is 0 Å². The second-order valence-electron chi connectivity index (χ2n) is 20.2. The monoisotopic (exact) mass is 1010 g/mol. The minimum Gasteiger partial charge on any atom is -0.462 e. The summed E-state index contributed by atoms with van der Waals surface area (Å²) < 4.78 is 16.8. The Balaban J connectivity index is 4.49. The lowest BCUT2D eigenvalue weighted by Gasteiger charge is -2.18. The molecule has 418 valence electrons. The first-order chi connectivity index (χ1) is 36.0. The molecule has 0 aliphatic carbocycles. The quantitative estimate of drug-likeness (QED) is 0.0261. The van der Waals surface area contributed by atoms with E-state index in [2.05, 4.69) is 112 Å². The van der Waals surface area contributed by atoms with Crippen LogP contribution in [0.25, 0.3) is 0 Å². The summed E-state index contributed by atoms with van der Waals surface area (Å²) in [5.41, 5.74) is 0. The van der Waals surface area contributed by atoms with Crippen molar-refractivity contribution in [2.45, 2.75) is 297 Å². The maximum atomic E-state index is 12.9. The summed E-state index contributed by atoms with van der Waals surface area (Å²) >= 11 is 0. The van der Waals surface area contributed by atoms with Gasteiger partial charge in [-0.3, -0.25) is 14.4 Å². The molecule has 0 N–H and O–H groups in total. The van der Waals surface area contributed by atoms with Crippen molar-refractivity contribution in [1.29, 1.82) is 0 Å². The van der Waals surface area contributed by atoms with Gasteiger partial charge >= 0.3 is 17.9 Å². The van der Waals surface area contributed by atoms with E-state index in [0.29, 0.717) is 19.3 Å². The summed E-state index contributed by atoms with van der Waals surface area (Å²) in [7, 11) is 0. The molecule has 0 fully saturated rings. The lowest BCUT2D eigenvalue weighted by Crippen LogP contribution is -2.30. The smallest absolute Gasteiger partial charge is 0.306 e. The summed E-state index contributed by atoms with van der Waals surface area (Å²) in [5, 5.41) is 0. The fourth-order valence-corrected chi connectivity index (χ4v) is 8.46. The Bertz CT molecular complexity index is 1440. The number of hydrogen-bond donors (Lipinski definition) is 0. The Labute approximate surface area is 451 Å². The van der Waals surface area contributed by atoms with Crippen molar-refractivity contribution in [2.24, 2.45) is 0 Å². The normalized spacial score (nSPS) is 12.8. The van der Waals surface area contributed by atoms with Crippen molar-refractivity contribution in [3.05, 3.63) is 97.2 Å². The third-order valence-electron chi connectivity index (χ3n) is 13.1. The van der Waals surface area contributed by atoms with Gasteiger partial charge in [-0.1, -0.05) is 259 Å². The molecule has 0 aromatic heterocycles. The summed E-state index contributed by atoms with van der Waals surface area (Å²) in [6.45, 7) is 6.47. The summed E-state index contributed by atoms with van der Waals surface area (Å²) in [6.07, 6.45) is 81.3. The lowest BCUT2D eigenvalue weighted by atomic mass is 10.1. The van der Waals surface area contributed by atoms with Crippen LogP contribution in [0.15, 0.2) is 97.2 Å². The average molecular weight is 1020 g/mol. The number of ether oxygens (including phenoxy) is 3. The molecule has 0 bridgehead atoms. The van der Waals surface area contributed by atoms with Gasteiger partial charge in [0, 0.05) is 19.3 Å². The van der Waals surface area contributed by atoms with Crippen LogP contribution in [0.2, 0.25) is 0 Å². The van der Waals surface area contributed by atoms with Gasteiger partial charge in [-0.05, 0) is 109 Å². The minimum atomic E-state index is -0.813. The zero-order valence-electron chi connectivity index (χ0n) is 47.9. The summed E-state index contributed by atoms with van der Waals surface area (Å²) in [6, 6.07) is 0. The van der Waals surface area contributed by atoms with E-state index in [0.717, 1.165) is 77.0 Å². The van der Waals surface area contributed by atoms with Crippen molar-refractivity contribution < 1.29 is 28.6 Å². The van der Waals surface area contributed by atoms with E-state index < -0.39 is 6.10 Å². The summed E-state index contributed by atoms with van der Waals surface area (Å²) in [4.78, 5) is 38.2. The molecule has 0 rings (SSSR count). The second kappa shape index (κ2) is 60.9. The fraction of sp³-hybridized carbons (Fsp3) is 0.716. The van der Waals surface area contributed by atoms with Crippen molar-refractivity contribution in [3.8, 4) is 0 Å². The van der Waals surface area contributed by atoms with E-state index in [1.165, 1.54) is 167 Å². The van der Waals surface area contributed by atoms with E-state index in [-0.39, 0.29) is 37.5 Å². The third kappa shape index (κ3) is 59.1. The molecule has 6 nitrogen and oxygen atoms in total. The van der Waals surface area contributed by atoms with Crippen molar-refractivity contribution in [3.63, 3.8) is 0 Å². The molecule has 0 spiro atoms. The molecule has 1 atom stereocenters. The zero-order valence-corrected chi connectivity index (χ0v) is 47.9. The van der Waals surface area contributed by atoms with Crippen LogP contribution >= 0.6 is 0 Å². The third-order valence-corrected chi connectivity index (χ3v) is 13.1. The van der Waals surface area contributed by atoms with Crippen LogP contribution in [-0.4, -0.2) is 37.2 Å². The van der Waals surface area contributed by atoms with E-state index in [1.807, 2.05) is 6.08 Å². The average Bonchev–Trinajstić information content (AvgIpc) is 3.39. The molecule has 0 aromatic rings. The van der Waals surface area contributed by atoms with Crippen LogP contribution in [0, 0.1) is 0 Å². The first-order valence-corrected chi connectivity index (χ1v) is 30.7. The summed E-state index contributed by atoms with van der Waals surface area (Å²) in [5.74, 6) is -0.990. The number of carbonyl (C=O) groups excluding carboxylic acids is 3. The Hall–Kier alpha value is -3.67. The highest BCUT2D eigenvalue weighted by molar-refractivity contribution is 5.71. The van der Waals surface area contributed by atoms with Gasteiger partial charge in [0.2, 0.25) is 0 Å². The molecule has 0 heterocycles. The Morgan fingerprint density at radius 3 is 0.918 bits per heavy atom. The highest BCUT2D eigenvalue weighted by Gasteiger charge is 2.19. The van der Waals surface area contributed by atoms with Gasteiger partial charge in [0.25, 0.3) is 0 Å². The molecule has 0 saturated carbocycles. The SMILES string of the molecule is CC/C=C\C/C=C\C/C=C\C/C=C\C/C=C\C/C=C\CCC(=O)OC[C@@H](COC(=O)CCCCCCCCC/C=C\CCCCCCCC)OC(=O)CCCCCCCCCCC/C=C\CCCCCCCC. The number of rotatable bonds is 55. The van der Waals surface area contributed by atoms with Gasteiger partial charge in [-0.2, -0.15) is 0 Å². The van der Waals surface area contributed by atoms with Crippen LogP contribution < -0.4 is 0 Å². The van der Waals surface area contributed by atoms with Crippen LogP contribution in [0.3, 0.4) is 0 Å².